The van der Waals surface area contributed by atoms with Crippen molar-refractivity contribution in [3.8, 4) is 5.69 Å². The van der Waals surface area contributed by atoms with E-state index in [1.807, 2.05) is 13.0 Å². The number of pyridine rings is 1. The van der Waals surface area contributed by atoms with Crippen molar-refractivity contribution in [2.45, 2.75) is 31.6 Å². The first kappa shape index (κ1) is 15.8. The maximum atomic E-state index is 12.6. The number of nitrogens with one attached hydrogen (secondary N) is 1. The molecule has 0 radical (unpaired) electrons. The van der Waals surface area contributed by atoms with Crippen LogP contribution in [0.1, 0.15) is 41.9 Å². The molecule has 4 heterocycles. The molecule has 1 saturated carbocycles. The summed E-state index contributed by atoms with van der Waals surface area (Å²) >= 11 is 0. The minimum absolute atomic E-state index is 0.0999. The van der Waals surface area contributed by atoms with Gasteiger partial charge >= 0.3 is 0 Å². The number of nitrogens with zero attached hydrogens (tertiary/aromatic N) is 6. The summed E-state index contributed by atoms with van der Waals surface area (Å²) in [7, 11) is 0. The Kier molecular flexibility index (Phi) is 3.56. The van der Waals surface area contributed by atoms with Crippen LogP contribution in [0.15, 0.2) is 47.9 Å². The number of hydrogen-bond donors (Lipinski definition) is 1. The van der Waals surface area contributed by atoms with Crippen molar-refractivity contribution >= 4 is 11.0 Å². The van der Waals surface area contributed by atoms with Gasteiger partial charge in [0.2, 0.25) is 0 Å². The van der Waals surface area contributed by atoms with Crippen molar-refractivity contribution in [2.24, 2.45) is 0 Å². The highest BCUT2D eigenvalue weighted by molar-refractivity contribution is 5.75. The highest BCUT2D eigenvalue weighted by Gasteiger charge is 2.37. The van der Waals surface area contributed by atoms with Gasteiger partial charge in [-0.05, 0) is 37.5 Å². The van der Waals surface area contributed by atoms with Crippen molar-refractivity contribution in [1.29, 1.82) is 0 Å². The molecule has 8 nitrogen and oxygen atoms in total. The molecule has 5 rings (SSSR count). The molecule has 2 unspecified atom stereocenters. The van der Waals surface area contributed by atoms with Crippen LogP contribution in [0.5, 0.6) is 0 Å². The molecule has 1 N–H and O–H groups in total. The van der Waals surface area contributed by atoms with Crippen LogP contribution in [0.25, 0.3) is 16.7 Å². The summed E-state index contributed by atoms with van der Waals surface area (Å²) < 4.78 is 1.68. The molecule has 1 aliphatic rings. The first-order valence-corrected chi connectivity index (χ1v) is 8.88. The number of hydrogen-bond acceptors (Lipinski definition) is 6. The molecular formula is C19H17N7O. The fraction of sp³-hybridized carbons (Fsp3) is 0.263. The molecule has 0 spiro atoms. The average molecular weight is 359 g/mol. The van der Waals surface area contributed by atoms with Gasteiger partial charge in [-0.3, -0.25) is 9.78 Å². The Balaban J connectivity index is 1.62. The monoisotopic (exact) mass is 359 g/mol. The summed E-state index contributed by atoms with van der Waals surface area (Å²) in [6.07, 6.45) is 10.4. The van der Waals surface area contributed by atoms with E-state index >= 15 is 0 Å². The second-order valence-corrected chi connectivity index (χ2v) is 6.80. The van der Waals surface area contributed by atoms with Crippen LogP contribution in [-0.4, -0.2) is 34.7 Å². The predicted octanol–water partition coefficient (Wildman–Crippen LogP) is 2.26. The quantitative estimate of drug-likeness (QED) is 0.602. The Morgan fingerprint density at radius 3 is 2.67 bits per heavy atom. The standard InChI is InChI=1S/C19H17N7O/c1-11-5-8-20-10-15(11)26-18-14(9-23-26)19(27)25-17(24-18)13-4-3-12(13)16-21-6-2-7-22-16/h2,5-10,12-13H,3-4H2,1H3,(H,24,25,27). The van der Waals surface area contributed by atoms with E-state index in [4.69, 9.17) is 4.98 Å². The summed E-state index contributed by atoms with van der Waals surface area (Å²) in [5.41, 5.74) is 2.19. The van der Waals surface area contributed by atoms with Gasteiger partial charge in [-0.2, -0.15) is 5.10 Å². The van der Waals surface area contributed by atoms with Crippen molar-refractivity contribution in [1.82, 2.24) is 34.7 Å². The van der Waals surface area contributed by atoms with E-state index in [1.165, 1.54) is 0 Å². The molecule has 1 aliphatic carbocycles. The summed E-state index contributed by atoms with van der Waals surface area (Å²) in [6, 6.07) is 3.71. The Hall–Kier alpha value is -3.42. The van der Waals surface area contributed by atoms with E-state index in [9.17, 15) is 4.79 Å². The van der Waals surface area contributed by atoms with Crippen LogP contribution in [0.3, 0.4) is 0 Å². The second kappa shape index (κ2) is 6.08. The lowest BCUT2D eigenvalue weighted by Crippen LogP contribution is -2.27. The van der Waals surface area contributed by atoms with Gasteiger partial charge in [0.15, 0.2) is 5.65 Å². The van der Waals surface area contributed by atoms with Gasteiger partial charge in [0.1, 0.15) is 17.0 Å². The van der Waals surface area contributed by atoms with E-state index in [1.54, 1.807) is 41.7 Å². The van der Waals surface area contributed by atoms with Crippen molar-refractivity contribution in [2.75, 3.05) is 0 Å². The second-order valence-electron chi connectivity index (χ2n) is 6.80. The van der Waals surface area contributed by atoms with E-state index in [0.717, 1.165) is 29.9 Å². The van der Waals surface area contributed by atoms with Crippen LogP contribution in [0.2, 0.25) is 0 Å². The van der Waals surface area contributed by atoms with Crippen molar-refractivity contribution in [3.63, 3.8) is 0 Å². The molecule has 0 bridgehead atoms. The van der Waals surface area contributed by atoms with Crippen LogP contribution in [0, 0.1) is 6.92 Å². The SMILES string of the molecule is Cc1ccncc1-n1ncc2c(=O)[nH]c(C3CCC3c3ncccn3)nc21. The smallest absolute Gasteiger partial charge is 0.262 e. The molecule has 0 aromatic carbocycles. The molecule has 1 fully saturated rings. The van der Waals surface area contributed by atoms with Gasteiger partial charge in [-0.1, -0.05) is 0 Å². The van der Waals surface area contributed by atoms with Crippen molar-refractivity contribution < 1.29 is 0 Å². The Morgan fingerprint density at radius 2 is 1.93 bits per heavy atom. The highest BCUT2D eigenvalue weighted by Crippen LogP contribution is 2.46. The molecule has 8 heteroatoms. The van der Waals surface area contributed by atoms with Crippen LogP contribution in [-0.2, 0) is 0 Å². The lowest BCUT2D eigenvalue weighted by Gasteiger charge is -2.34. The zero-order valence-corrected chi connectivity index (χ0v) is 14.7. The van der Waals surface area contributed by atoms with E-state index < -0.39 is 0 Å². The maximum Gasteiger partial charge on any atom is 0.262 e. The zero-order chi connectivity index (χ0) is 18.4. The fourth-order valence-corrected chi connectivity index (χ4v) is 3.60. The molecule has 27 heavy (non-hydrogen) atoms. The summed E-state index contributed by atoms with van der Waals surface area (Å²) in [5.74, 6) is 1.73. The average Bonchev–Trinajstić information content (AvgIpc) is 3.06. The normalized spacial score (nSPS) is 19.1. The molecule has 134 valence electrons. The Labute approximate surface area is 154 Å². The molecule has 0 aliphatic heterocycles. The fourth-order valence-electron chi connectivity index (χ4n) is 3.60. The van der Waals surface area contributed by atoms with Gasteiger partial charge in [-0.25, -0.2) is 19.6 Å². The number of aryl methyl sites for hydroxylation is 1. The minimum Gasteiger partial charge on any atom is -0.310 e. The lowest BCUT2D eigenvalue weighted by atomic mass is 9.72. The molecule has 4 aromatic rings. The maximum absolute atomic E-state index is 12.6. The lowest BCUT2D eigenvalue weighted by molar-refractivity contribution is 0.319. The van der Waals surface area contributed by atoms with Gasteiger partial charge in [0.05, 0.1) is 18.1 Å². The first-order chi connectivity index (χ1) is 13.2. The Bertz CT molecular complexity index is 1180. The molecule has 0 amide bonds. The number of H-pyrrole nitrogens is 1. The molecule has 4 aromatic heterocycles. The summed E-state index contributed by atoms with van der Waals surface area (Å²) in [5, 5.41) is 4.84. The Morgan fingerprint density at radius 1 is 1.11 bits per heavy atom. The third-order valence-corrected chi connectivity index (χ3v) is 5.24. The highest BCUT2D eigenvalue weighted by atomic mass is 16.1. The predicted molar refractivity (Wildman–Crippen MR) is 98.8 cm³/mol. The van der Waals surface area contributed by atoms with E-state index in [2.05, 4.69) is 25.0 Å². The summed E-state index contributed by atoms with van der Waals surface area (Å²) in [4.78, 5) is 33.3. The number of fused-ring (bicyclic) bond motifs is 1. The third kappa shape index (κ3) is 2.52. The van der Waals surface area contributed by atoms with Gasteiger partial charge in [0, 0.05) is 30.4 Å². The van der Waals surface area contributed by atoms with E-state index in [-0.39, 0.29) is 17.4 Å². The first-order valence-electron chi connectivity index (χ1n) is 8.88. The van der Waals surface area contributed by atoms with Crippen LogP contribution < -0.4 is 5.56 Å². The molecule has 0 saturated heterocycles. The third-order valence-electron chi connectivity index (χ3n) is 5.24. The summed E-state index contributed by atoms with van der Waals surface area (Å²) in [6.45, 7) is 1.98. The number of aromatic amines is 1. The van der Waals surface area contributed by atoms with Crippen molar-refractivity contribution in [3.05, 3.63) is 70.7 Å². The van der Waals surface area contributed by atoms with E-state index in [0.29, 0.717) is 16.9 Å². The number of aromatic nitrogens is 7. The largest absolute Gasteiger partial charge is 0.310 e. The van der Waals surface area contributed by atoms with Crippen LogP contribution in [0.4, 0.5) is 0 Å². The van der Waals surface area contributed by atoms with Crippen LogP contribution >= 0.6 is 0 Å². The minimum atomic E-state index is -0.178. The van der Waals surface area contributed by atoms with Gasteiger partial charge in [-0.15, -0.1) is 0 Å². The zero-order valence-electron chi connectivity index (χ0n) is 14.7. The number of rotatable bonds is 3. The van der Waals surface area contributed by atoms with Gasteiger partial charge < -0.3 is 4.98 Å². The molecular weight excluding hydrogens is 342 g/mol. The topological polar surface area (TPSA) is 102 Å². The molecule has 2 atom stereocenters. The van der Waals surface area contributed by atoms with Gasteiger partial charge in [0.25, 0.3) is 5.56 Å².